The van der Waals surface area contributed by atoms with Crippen LogP contribution in [0.15, 0.2) is 72.8 Å². The van der Waals surface area contributed by atoms with Crippen molar-refractivity contribution in [2.75, 3.05) is 10.6 Å². The first-order valence-electron chi connectivity index (χ1n) is 11.0. The van der Waals surface area contributed by atoms with Crippen LogP contribution in [-0.2, 0) is 9.59 Å². The topological polar surface area (TPSA) is 215 Å². The van der Waals surface area contributed by atoms with E-state index >= 15 is 0 Å². The minimum atomic E-state index is -5.08. The van der Waals surface area contributed by atoms with Gasteiger partial charge in [0, 0.05) is 22.4 Å². The lowest BCUT2D eigenvalue weighted by molar-refractivity contribution is -0.193. The predicted molar refractivity (Wildman–Crippen MR) is 140 cm³/mol. The molecule has 0 aliphatic carbocycles. The third-order valence-electron chi connectivity index (χ3n) is 4.60. The number of nitrogen functional groups attached to an aromatic ring is 2. The number of nitrogens with two attached hydrogens (primary N) is 2. The van der Waals surface area contributed by atoms with Crippen LogP contribution >= 0.6 is 0 Å². The number of rotatable bonds is 5. The number of urea groups is 1. The fraction of sp³-hybridized carbons (Fsp3) is 0.0800. The Morgan fingerprint density at radius 3 is 1.60 bits per heavy atom. The van der Waals surface area contributed by atoms with Gasteiger partial charge in [0.1, 0.15) is 11.7 Å². The van der Waals surface area contributed by atoms with Gasteiger partial charge in [0.25, 0.3) is 0 Å². The molecule has 11 nitrogen and oxygen atoms in total. The van der Waals surface area contributed by atoms with E-state index < -0.39 is 30.3 Å². The molecule has 224 valence electrons. The molecular weight excluding hydrogens is 578 g/mol. The second-order valence-corrected chi connectivity index (χ2v) is 7.72. The Morgan fingerprint density at radius 2 is 1.14 bits per heavy atom. The quantitative estimate of drug-likeness (QED) is 0.116. The molecule has 0 aliphatic heterocycles. The minimum Gasteiger partial charge on any atom is -0.475 e. The SMILES string of the molecule is N=C(N)c1ccc(-c2ccccc2NC(=O)Nc2cccc(C(=N)N)c2)cc1.O=C(O)C(F)(F)F.O=C(O)C(F)(F)F. The molecule has 0 spiro atoms. The number of alkyl halides is 6. The summed E-state index contributed by atoms with van der Waals surface area (Å²) in [6, 6.07) is 21.0. The number of carbonyl (C=O) groups is 3. The third kappa shape index (κ3) is 11.6. The third-order valence-corrected chi connectivity index (χ3v) is 4.60. The Hall–Kier alpha value is -5.61. The van der Waals surface area contributed by atoms with Gasteiger partial charge in [-0.05, 0) is 23.8 Å². The molecular formula is C25H22F6N6O5. The summed E-state index contributed by atoms with van der Waals surface area (Å²) in [6.07, 6.45) is -10.2. The number of anilines is 2. The van der Waals surface area contributed by atoms with Crippen LogP contribution in [0.25, 0.3) is 11.1 Å². The number of hydrogen-bond acceptors (Lipinski definition) is 5. The number of amidine groups is 2. The summed E-state index contributed by atoms with van der Waals surface area (Å²) in [7, 11) is 0. The normalized spacial score (nSPS) is 10.5. The first kappa shape index (κ1) is 34.4. The maximum Gasteiger partial charge on any atom is 0.490 e. The number of amides is 2. The van der Waals surface area contributed by atoms with Crippen LogP contribution in [0.3, 0.4) is 0 Å². The van der Waals surface area contributed by atoms with Gasteiger partial charge >= 0.3 is 30.3 Å². The van der Waals surface area contributed by atoms with Crippen LogP contribution in [0.2, 0.25) is 0 Å². The van der Waals surface area contributed by atoms with Gasteiger partial charge in [-0.15, -0.1) is 0 Å². The summed E-state index contributed by atoms with van der Waals surface area (Å²) < 4.78 is 63.5. The van der Waals surface area contributed by atoms with E-state index in [2.05, 4.69) is 10.6 Å². The second-order valence-electron chi connectivity index (χ2n) is 7.72. The van der Waals surface area contributed by atoms with E-state index in [1.807, 2.05) is 30.3 Å². The molecule has 0 atom stereocenters. The Labute approximate surface area is 232 Å². The zero-order chi connectivity index (χ0) is 32.3. The van der Waals surface area contributed by atoms with Crippen molar-refractivity contribution in [1.82, 2.24) is 0 Å². The van der Waals surface area contributed by atoms with Crippen molar-refractivity contribution in [1.29, 1.82) is 10.8 Å². The van der Waals surface area contributed by atoms with Crippen molar-refractivity contribution in [3.05, 3.63) is 83.9 Å². The Kier molecular flexibility index (Phi) is 12.0. The number of carboxylic acids is 2. The maximum atomic E-state index is 12.4. The van der Waals surface area contributed by atoms with Gasteiger partial charge < -0.3 is 32.3 Å². The zero-order valence-corrected chi connectivity index (χ0v) is 21.0. The lowest BCUT2D eigenvalue weighted by Crippen LogP contribution is -2.21. The summed E-state index contributed by atoms with van der Waals surface area (Å²) in [6.45, 7) is 0. The van der Waals surface area contributed by atoms with E-state index in [1.54, 1.807) is 42.5 Å². The van der Waals surface area contributed by atoms with Crippen LogP contribution in [0.1, 0.15) is 11.1 Å². The summed E-state index contributed by atoms with van der Waals surface area (Å²) in [5, 5.41) is 34.8. The van der Waals surface area contributed by atoms with Gasteiger partial charge in [-0.1, -0.05) is 54.6 Å². The summed E-state index contributed by atoms with van der Waals surface area (Å²) in [5.41, 5.74) is 15.0. The number of nitrogens with one attached hydrogen (secondary N) is 4. The molecule has 0 fully saturated rings. The molecule has 17 heteroatoms. The van der Waals surface area contributed by atoms with Crippen molar-refractivity contribution in [2.24, 2.45) is 11.5 Å². The molecule has 10 N–H and O–H groups in total. The van der Waals surface area contributed by atoms with E-state index in [0.29, 0.717) is 22.5 Å². The molecule has 42 heavy (non-hydrogen) atoms. The van der Waals surface area contributed by atoms with Gasteiger partial charge in [0.15, 0.2) is 0 Å². The van der Waals surface area contributed by atoms with Crippen molar-refractivity contribution in [2.45, 2.75) is 12.4 Å². The summed E-state index contributed by atoms with van der Waals surface area (Å²) in [5.74, 6) is -5.58. The number of halogens is 6. The fourth-order valence-electron chi connectivity index (χ4n) is 2.72. The Morgan fingerprint density at radius 1 is 0.667 bits per heavy atom. The molecule has 0 bridgehead atoms. The van der Waals surface area contributed by atoms with E-state index in [4.69, 9.17) is 42.1 Å². The predicted octanol–water partition coefficient (Wildman–Crippen LogP) is 4.83. The maximum absolute atomic E-state index is 12.4. The average molecular weight is 600 g/mol. The monoisotopic (exact) mass is 600 g/mol. The fourth-order valence-corrected chi connectivity index (χ4v) is 2.72. The van der Waals surface area contributed by atoms with Gasteiger partial charge in [-0.2, -0.15) is 26.3 Å². The van der Waals surface area contributed by atoms with E-state index in [0.717, 1.165) is 11.1 Å². The van der Waals surface area contributed by atoms with Crippen LogP contribution in [-0.4, -0.2) is 52.2 Å². The molecule has 0 unspecified atom stereocenters. The highest BCUT2D eigenvalue weighted by atomic mass is 19.4. The number of para-hydroxylation sites is 1. The standard InChI is InChI=1S/C21H20N6O.2C2HF3O2/c22-19(23)14-10-8-13(9-11-14)17-6-1-2-7-18(17)27-21(28)26-16-5-3-4-15(12-16)20(24)25;2*3-2(4,5)1(6)7/h1-12H,(H3,22,23)(H3,24,25)(H2,26,27,28);2*(H,6,7). The number of carboxylic acid groups (broad SMARTS) is 2. The van der Waals surface area contributed by atoms with Crippen LogP contribution < -0.4 is 22.1 Å². The second kappa shape index (κ2) is 14.7. The molecule has 0 saturated carbocycles. The lowest BCUT2D eigenvalue weighted by atomic mass is 10.0. The van der Waals surface area contributed by atoms with Gasteiger partial charge in [-0.25, -0.2) is 14.4 Å². The molecule has 0 aromatic heterocycles. The molecule has 0 saturated heterocycles. The summed E-state index contributed by atoms with van der Waals surface area (Å²) >= 11 is 0. The molecule has 0 heterocycles. The molecule has 0 aliphatic rings. The zero-order valence-electron chi connectivity index (χ0n) is 21.0. The first-order valence-corrected chi connectivity index (χ1v) is 11.0. The van der Waals surface area contributed by atoms with Crippen LogP contribution in [0.4, 0.5) is 42.5 Å². The van der Waals surface area contributed by atoms with Gasteiger partial charge in [0.05, 0.1) is 5.69 Å². The first-order chi connectivity index (χ1) is 19.3. The van der Waals surface area contributed by atoms with Gasteiger partial charge in [0.2, 0.25) is 0 Å². The van der Waals surface area contributed by atoms with E-state index in [9.17, 15) is 31.1 Å². The van der Waals surface area contributed by atoms with Crippen molar-refractivity contribution in [3.63, 3.8) is 0 Å². The highest BCUT2D eigenvalue weighted by Crippen LogP contribution is 2.28. The number of benzene rings is 3. The number of hydrogen-bond donors (Lipinski definition) is 8. The van der Waals surface area contributed by atoms with Crippen LogP contribution in [0.5, 0.6) is 0 Å². The van der Waals surface area contributed by atoms with Crippen molar-refractivity contribution < 1.29 is 50.9 Å². The van der Waals surface area contributed by atoms with Crippen molar-refractivity contribution >= 4 is 41.0 Å². The summed E-state index contributed by atoms with van der Waals surface area (Å²) in [4.78, 5) is 30.2. The largest absolute Gasteiger partial charge is 0.490 e. The molecule has 2 amide bonds. The Bertz CT molecular complexity index is 1420. The minimum absolute atomic E-state index is 0.00475. The van der Waals surface area contributed by atoms with E-state index in [1.165, 1.54) is 0 Å². The smallest absolute Gasteiger partial charge is 0.475 e. The highest BCUT2D eigenvalue weighted by Gasteiger charge is 2.38. The average Bonchev–Trinajstić information content (AvgIpc) is 2.89. The molecule has 3 aromatic rings. The molecule has 3 aromatic carbocycles. The van der Waals surface area contributed by atoms with Crippen LogP contribution in [0, 0.1) is 10.8 Å². The highest BCUT2D eigenvalue weighted by molar-refractivity contribution is 6.03. The van der Waals surface area contributed by atoms with E-state index in [-0.39, 0.29) is 11.7 Å². The lowest BCUT2D eigenvalue weighted by Gasteiger charge is -2.13. The molecule has 0 radical (unpaired) electrons. The van der Waals surface area contributed by atoms with Gasteiger partial charge in [-0.3, -0.25) is 10.8 Å². The van der Waals surface area contributed by atoms with Crippen molar-refractivity contribution in [3.8, 4) is 11.1 Å². The Balaban J connectivity index is 0.000000522. The molecule has 3 rings (SSSR count). The number of aliphatic carboxylic acids is 2. The number of carbonyl (C=O) groups excluding carboxylic acids is 1.